The fourth-order valence-electron chi connectivity index (χ4n) is 1.57. The van der Waals surface area contributed by atoms with Gasteiger partial charge in [0.15, 0.2) is 0 Å². The number of aliphatic hydroxyl groups excluding tert-OH is 1. The number of carbonyl (C=O) groups is 1. The maximum Gasteiger partial charge on any atom is 0.137 e. The van der Waals surface area contributed by atoms with Crippen molar-refractivity contribution in [1.29, 1.82) is 0 Å². The maximum atomic E-state index is 10.7. The molecule has 1 rings (SSSR count). The summed E-state index contributed by atoms with van der Waals surface area (Å²) in [6.07, 6.45) is 1.62. The highest BCUT2D eigenvalue weighted by atomic mass is 16.6. The van der Waals surface area contributed by atoms with Crippen LogP contribution < -0.4 is 5.32 Å². The second kappa shape index (κ2) is 15.7. The summed E-state index contributed by atoms with van der Waals surface area (Å²) in [7, 11) is 2.78. The van der Waals surface area contributed by atoms with Crippen LogP contribution in [-0.4, -0.2) is 43.9 Å². The summed E-state index contributed by atoms with van der Waals surface area (Å²) in [4.78, 5) is 15.7. The van der Waals surface area contributed by atoms with Crippen molar-refractivity contribution in [1.82, 2.24) is 5.32 Å². The van der Waals surface area contributed by atoms with Crippen molar-refractivity contribution >= 4 is 12.0 Å². The molecule has 0 radical (unpaired) electrons. The Morgan fingerprint density at radius 2 is 1.86 bits per heavy atom. The number of benzene rings is 1. The molecule has 2 N–H and O–H groups in total. The molecule has 1 aromatic rings. The lowest BCUT2D eigenvalue weighted by Gasteiger charge is -2.09. The maximum absolute atomic E-state index is 10.7. The van der Waals surface area contributed by atoms with Crippen LogP contribution in [0.3, 0.4) is 0 Å². The number of nitrogens with one attached hydrogen (secondary N) is 1. The minimum Gasteiger partial charge on any atom is -0.400 e. The summed E-state index contributed by atoms with van der Waals surface area (Å²) in [5.74, 6) is 0. The third-order valence-corrected chi connectivity index (χ3v) is 2.69. The molecule has 0 heterocycles. The van der Waals surface area contributed by atoms with E-state index < -0.39 is 0 Å². The van der Waals surface area contributed by atoms with E-state index in [1.807, 2.05) is 52.0 Å². The van der Waals surface area contributed by atoms with Crippen LogP contribution in [0, 0.1) is 0 Å². The van der Waals surface area contributed by atoms with Crippen LogP contribution in [-0.2, 0) is 16.1 Å². The van der Waals surface area contributed by atoms with E-state index in [9.17, 15) is 4.79 Å². The standard InChI is InChI=1S/C14H20N2O2.C2H6.CH4O/c1-4-18-16-11(2)13-7-5-12(6-8-13)9-14(10-17)15-3;2*1-2/h5-8,10,14-15H,4,9H2,1-3H3;1-2H3;2H,1H3/b16-11-;;. The summed E-state index contributed by atoms with van der Waals surface area (Å²) >= 11 is 0. The van der Waals surface area contributed by atoms with Gasteiger partial charge in [-0.15, -0.1) is 0 Å². The van der Waals surface area contributed by atoms with Gasteiger partial charge in [0.1, 0.15) is 12.9 Å². The molecule has 0 aromatic heterocycles. The number of hydrogen-bond acceptors (Lipinski definition) is 5. The van der Waals surface area contributed by atoms with E-state index in [1.54, 1.807) is 7.05 Å². The number of hydrogen-bond donors (Lipinski definition) is 2. The zero-order chi connectivity index (χ0) is 17.4. The number of likely N-dealkylation sites (N-methyl/N-ethyl adjacent to an activating group) is 1. The van der Waals surface area contributed by atoms with E-state index in [0.717, 1.165) is 30.2 Å². The highest BCUT2D eigenvalue weighted by Crippen LogP contribution is 2.08. The lowest BCUT2D eigenvalue weighted by molar-refractivity contribution is -0.109. The number of rotatable bonds is 7. The summed E-state index contributed by atoms with van der Waals surface area (Å²) in [5.41, 5.74) is 3.00. The Morgan fingerprint density at radius 3 is 2.27 bits per heavy atom. The molecule has 0 fully saturated rings. The molecule has 0 aliphatic carbocycles. The highest BCUT2D eigenvalue weighted by Gasteiger charge is 2.05. The Morgan fingerprint density at radius 1 is 1.32 bits per heavy atom. The third-order valence-electron chi connectivity index (χ3n) is 2.69. The molecule has 1 atom stereocenters. The first-order valence-electron chi connectivity index (χ1n) is 7.54. The molecule has 0 amide bonds. The van der Waals surface area contributed by atoms with Gasteiger partial charge in [0, 0.05) is 7.11 Å². The van der Waals surface area contributed by atoms with Gasteiger partial charge in [-0.05, 0) is 38.4 Å². The molecule has 22 heavy (non-hydrogen) atoms. The number of oxime groups is 1. The van der Waals surface area contributed by atoms with Gasteiger partial charge >= 0.3 is 0 Å². The first-order chi connectivity index (χ1) is 10.7. The Hall–Kier alpha value is -1.72. The normalized spacial score (nSPS) is 11.3. The molecule has 0 aliphatic rings. The number of aliphatic hydroxyl groups is 1. The van der Waals surface area contributed by atoms with E-state index in [0.29, 0.717) is 13.0 Å². The largest absolute Gasteiger partial charge is 0.400 e. The molecular weight excluding hydrogens is 280 g/mol. The average molecular weight is 310 g/mol. The molecule has 0 bridgehead atoms. The van der Waals surface area contributed by atoms with Crippen molar-refractivity contribution in [3.05, 3.63) is 35.4 Å². The van der Waals surface area contributed by atoms with Crippen LogP contribution in [0.15, 0.2) is 29.4 Å². The van der Waals surface area contributed by atoms with Gasteiger partial charge in [-0.3, -0.25) is 0 Å². The second-order valence-corrected chi connectivity index (χ2v) is 4.03. The molecule has 1 aromatic carbocycles. The van der Waals surface area contributed by atoms with E-state index >= 15 is 0 Å². The summed E-state index contributed by atoms with van der Waals surface area (Å²) in [5, 5.41) is 13.9. The van der Waals surface area contributed by atoms with Crippen LogP contribution in [0.5, 0.6) is 0 Å². The van der Waals surface area contributed by atoms with E-state index in [2.05, 4.69) is 10.5 Å². The second-order valence-electron chi connectivity index (χ2n) is 4.03. The van der Waals surface area contributed by atoms with Crippen LogP contribution in [0.2, 0.25) is 0 Å². The van der Waals surface area contributed by atoms with Crippen LogP contribution >= 0.6 is 0 Å². The zero-order valence-corrected chi connectivity index (χ0v) is 14.6. The van der Waals surface area contributed by atoms with Gasteiger partial charge in [0.25, 0.3) is 0 Å². The lowest BCUT2D eigenvalue weighted by atomic mass is 10.0. The van der Waals surface area contributed by atoms with Gasteiger partial charge in [-0.25, -0.2) is 0 Å². The summed E-state index contributed by atoms with van der Waals surface area (Å²) in [6, 6.07) is 7.87. The Balaban J connectivity index is 0. The van der Waals surface area contributed by atoms with Crippen molar-refractivity contribution in [2.45, 2.75) is 40.2 Å². The fraction of sp³-hybridized carbons (Fsp3) is 0.529. The predicted octanol–water partition coefficient (Wildman–Crippen LogP) is 2.41. The number of aldehydes is 1. The molecule has 0 aliphatic heterocycles. The topological polar surface area (TPSA) is 70.9 Å². The number of carbonyl (C=O) groups excluding carboxylic acids is 1. The highest BCUT2D eigenvalue weighted by molar-refractivity contribution is 5.98. The molecule has 0 saturated heterocycles. The molecule has 1 unspecified atom stereocenters. The van der Waals surface area contributed by atoms with Gasteiger partial charge in [0.05, 0.1) is 11.8 Å². The van der Waals surface area contributed by atoms with Crippen molar-refractivity contribution in [2.24, 2.45) is 5.16 Å². The van der Waals surface area contributed by atoms with Crippen molar-refractivity contribution in [2.75, 3.05) is 20.8 Å². The SMILES string of the molecule is CC.CCO/N=C(/C)c1ccc(CC(C=O)NC)cc1.CO. The van der Waals surface area contributed by atoms with E-state index in [4.69, 9.17) is 9.94 Å². The Kier molecular flexibility index (Phi) is 16.1. The van der Waals surface area contributed by atoms with Crippen LogP contribution in [0.25, 0.3) is 0 Å². The van der Waals surface area contributed by atoms with Gasteiger partial charge in [-0.2, -0.15) is 0 Å². The first kappa shape index (κ1) is 22.6. The van der Waals surface area contributed by atoms with Crippen molar-refractivity contribution in [3.63, 3.8) is 0 Å². The minimum atomic E-state index is -0.131. The van der Waals surface area contributed by atoms with Crippen molar-refractivity contribution in [3.8, 4) is 0 Å². The molecular formula is C17H30N2O3. The molecule has 5 heteroatoms. The lowest BCUT2D eigenvalue weighted by Crippen LogP contribution is -2.28. The van der Waals surface area contributed by atoms with Gasteiger partial charge in [-0.1, -0.05) is 43.3 Å². The predicted molar refractivity (Wildman–Crippen MR) is 92.4 cm³/mol. The zero-order valence-electron chi connectivity index (χ0n) is 14.6. The Bertz CT molecular complexity index is 403. The Labute approximate surface area is 134 Å². The van der Waals surface area contributed by atoms with Gasteiger partial charge in [0.2, 0.25) is 0 Å². The minimum absolute atomic E-state index is 0.131. The van der Waals surface area contributed by atoms with Crippen LogP contribution in [0.1, 0.15) is 38.8 Å². The quantitative estimate of drug-likeness (QED) is 0.461. The smallest absolute Gasteiger partial charge is 0.137 e. The van der Waals surface area contributed by atoms with Crippen molar-refractivity contribution < 1.29 is 14.7 Å². The molecule has 5 nitrogen and oxygen atoms in total. The molecule has 126 valence electrons. The first-order valence-corrected chi connectivity index (χ1v) is 7.54. The van der Waals surface area contributed by atoms with E-state index in [1.165, 1.54) is 0 Å². The van der Waals surface area contributed by atoms with Gasteiger partial charge < -0.3 is 20.1 Å². The fourth-order valence-corrected chi connectivity index (χ4v) is 1.57. The average Bonchev–Trinajstić information content (AvgIpc) is 2.61. The van der Waals surface area contributed by atoms with E-state index in [-0.39, 0.29) is 6.04 Å². The van der Waals surface area contributed by atoms with Crippen LogP contribution in [0.4, 0.5) is 0 Å². The third kappa shape index (κ3) is 9.26. The molecule has 0 saturated carbocycles. The monoisotopic (exact) mass is 310 g/mol. The number of nitrogens with zero attached hydrogens (tertiary/aromatic N) is 1. The summed E-state index contributed by atoms with van der Waals surface area (Å²) in [6.45, 7) is 8.38. The summed E-state index contributed by atoms with van der Waals surface area (Å²) < 4.78 is 0. The molecule has 0 spiro atoms.